The molecule has 0 aliphatic carbocycles. The molecule has 0 saturated carbocycles. The van der Waals surface area contributed by atoms with Gasteiger partial charge < -0.3 is 10.8 Å². The average Bonchev–Trinajstić information content (AvgIpc) is 3.16. The van der Waals surface area contributed by atoms with Gasteiger partial charge in [-0.25, -0.2) is 14.4 Å². The summed E-state index contributed by atoms with van der Waals surface area (Å²) in [5.74, 6) is -0.812. The standard InChI is InChI=1S/C16H12FN5O.H2O/c1-16(14-13(17)7-18-8-19-14)12-3-2-9(10-5-20-21-6-10)4-11(12)15(23)22-16;/h2-8H,1H3,(H,20,21)(H,22,23);1H2. The van der Waals surface area contributed by atoms with E-state index in [0.717, 1.165) is 17.3 Å². The van der Waals surface area contributed by atoms with Gasteiger partial charge in [-0.15, -0.1) is 0 Å². The minimum atomic E-state index is -1.02. The maximum absolute atomic E-state index is 14.1. The highest BCUT2D eigenvalue weighted by atomic mass is 19.1. The lowest BCUT2D eigenvalue weighted by Gasteiger charge is -2.25. The van der Waals surface area contributed by atoms with Gasteiger partial charge in [0.2, 0.25) is 0 Å². The Morgan fingerprint density at radius 2 is 2.04 bits per heavy atom. The third-order valence-electron chi connectivity index (χ3n) is 4.14. The third-order valence-corrected chi connectivity index (χ3v) is 4.14. The fourth-order valence-electron chi connectivity index (χ4n) is 2.99. The lowest BCUT2D eigenvalue weighted by molar-refractivity contribution is 0.0943. The summed E-state index contributed by atoms with van der Waals surface area (Å²) >= 11 is 0. The Morgan fingerprint density at radius 1 is 1.21 bits per heavy atom. The van der Waals surface area contributed by atoms with Gasteiger partial charge in [0.15, 0.2) is 5.82 Å². The van der Waals surface area contributed by atoms with Crippen LogP contribution in [-0.4, -0.2) is 31.5 Å². The molecule has 4 rings (SSSR count). The van der Waals surface area contributed by atoms with Crippen molar-refractivity contribution in [2.24, 2.45) is 0 Å². The van der Waals surface area contributed by atoms with E-state index in [1.165, 1.54) is 6.33 Å². The Labute approximate surface area is 136 Å². The van der Waals surface area contributed by atoms with Crippen molar-refractivity contribution < 1.29 is 14.7 Å². The van der Waals surface area contributed by atoms with Gasteiger partial charge >= 0.3 is 0 Å². The molecule has 1 unspecified atom stereocenters. The summed E-state index contributed by atoms with van der Waals surface area (Å²) in [7, 11) is 0. The van der Waals surface area contributed by atoms with Crippen molar-refractivity contribution in [3.05, 3.63) is 65.8 Å². The molecule has 1 amide bonds. The Hall–Kier alpha value is -3.13. The van der Waals surface area contributed by atoms with Crippen LogP contribution < -0.4 is 5.32 Å². The van der Waals surface area contributed by atoms with Crippen LogP contribution in [0.5, 0.6) is 0 Å². The van der Waals surface area contributed by atoms with Gasteiger partial charge in [0.25, 0.3) is 5.91 Å². The first-order valence-corrected chi connectivity index (χ1v) is 7.02. The summed E-state index contributed by atoms with van der Waals surface area (Å²) in [5.41, 5.74) is 2.06. The molecule has 7 nitrogen and oxygen atoms in total. The number of benzene rings is 1. The number of hydrogen-bond acceptors (Lipinski definition) is 4. The number of fused-ring (bicyclic) bond motifs is 1. The molecule has 1 aliphatic rings. The number of carbonyl (C=O) groups excluding carboxylic acids is 1. The summed E-state index contributed by atoms with van der Waals surface area (Å²) in [6, 6.07) is 5.47. The number of halogens is 1. The molecular formula is C16H14FN5O2. The van der Waals surface area contributed by atoms with E-state index >= 15 is 0 Å². The van der Waals surface area contributed by atoms with Gasteiger partial charge in [-0.1, -0.05) is 12.1 Å². The molecule has 122 valence electrons. The number of amides is 1. The highest BCUT2D eigenvalue weighted by Gasteiger charge is 2.43. The molecule has 4 N–H and O–H groups in total. The predicted molar refractivity (Wildman–Crippen MR) is 83.5 cm³/mol. The molecule has 24 heavy (non-hydrogen) atoms. The van der Waals surface area contributed by atoms with E-state index in [2.05, 4.69) is 25.5 Å². The number of hydrogen-bond donors (Lipinski definition) is 2. The van der Waals surface area contributed by atoms with Crippen molar-refractivity contribution in [2.75, 3.05) is 0 Å². The molecular weight excluding hydrogens is 313 g/mol. The van der Waals surface area contributed by atoms with Crippen LogP contribution in [0.1, 0.15) is 28.5 Å². The Kier molecular flexibility index (Phi) is 3.61. The van der Waals surface area contributed by atoms with Crippen LogP contribution in [0.25, 0.3) is 11.1 Å². The maximum Gasteiger partial charge on any atom is 0.252 e. The minimum absolute atomic E-state index is 0. The second kappa shape index (κ2) is 5.50. The zero-order chi connectivity index (χ0) is 16.0. The van der Waals surface area contributed by atoms with Crippen molar-refractivity contribution in [3.8, 4) is 11.1 Å². The second-order valence-corrected chi connectivity index (χ2v) is 5.55. The first-order valence-electron chi connectivity index (χ1n) is 7.02. The van der Waals surface area contributed by atoms with Crippen molar-refractivity contribution in [3.63, 3.8) is 0 Å². The van der Waals surface area contributed by atoms with Gasteiger partial charge in [-0.2, -0.15) is 5.10 Å². The molecule has 8 heteroatoms. The molecule has 0 saturated heterocycles. The lowest BCUT2D eigenvalue weighted by Crippen LogP contribution is -2.39. The maximum atomic E-state index is 14.1. The van der Waals surface area contributed by atoms with Crippen molar-refractivity contribution in [2.45, 2.75) is 12.5 Å². The fourth-order valence-corrected chi connectivity index (χ4v) is 2.99. The lowest BCUT2D eigenvalue weighted by atomic mass is 9.87. The highest BCUT2D eigenvalue weighted by molar-refractivity contribution is 6.01. The van der Waals surface area contributed by atoms with Crippen LogP contribution in [0.3, 0.4) is 0 Å². The van der Waals surface area contributed by atoms with Gasteiger partial charge in [-0.05, 0) is 24.1 Å². The van der Waals surface area contributed by atoms with E-state index in [4.69, 9.17) is 0 Å². The van der Waals surface area contributed by atoms with Crippen LogP contribution in [-0.2, 0) is 5.54 Å². The predicted octanol–water partition coefficient (Wildman–Crippen LogP) is 1.19. The summed E-state index contributed by atoms with van der Waals surface area (Å²) in [6.45, 7) is 1.74. The molecule has 0 fully saturated rings. The molecule has 1 atom stereocenters. The number of rotatable bonds is 2. The highest BCUT2D eigenvalue weighted by Crippen LogP contribution is 2.38. The molecule has 1 aliphatic heterocycles. The van der Waals surface area contributed by atoms with E-state index in [-0.39, 0.29) is 17.1 Å². The minimum Gasteiger partial charge on any atom is -0.412 e. The van der Waals surface area contributed by atoms with Crippen LogP contribution in [0.15, 0.2) is 43.1 Å². The average molecular weight is 327 g/mol. The number of aromatic amines is 1. The first-order chi connectivity index (χ1) is 11.1. The van der Waals surface area contributed by atoms with E-state index in [0.29, 0.717) is 11.1 Å². The van der Waals surface area contributed by atoms with Crippen molar-refractivity contribution in [1.82, 2.24) is 25.5 Å². The zero-order valence-electron chi connectivity index (χ0n) is 12.7. The molecule has 0 bridgehead atoms. The zero-order valence-corrected chi connectivity index (χ0v) is 12.7. The Morgan fingerprint density at radius 3 is 2.75 bits per heavy atom. The molecule has 3 aromatic rings. The summed E-state index contributed by atoms with van der Waals surface area (Å²) in [6.07, 6.45) is 5.79. The van der Waals surface area contributed by atoms with Crippen LogP contribution in [0, 0.1) is 5.82 Å². The van der Waals surface area contributed by atoms with Gasteiger partial charge in [0, 0.05) is 17.3 Å². The van der Waals surface area contributed by atoms with Gasteiger partial charge in [-0.3, -0.25) is 9.89 Å². The molecule has 0 spiro atoms. The number of aromatic nitrogens is 4. The van der Waals surface area contributed by atoms with E-state index < -0.39 is 11.4 Å². The number of H-pyrrole nitrogens is 1. The molecule has 0 radical (unpaired) electrons. The Bertz CT molecular complexity index is 913. The van der Waals surface area contributed by atoms with E-state index in [1.807, 2.05) is 12.1 Å². The number of nitrogens with zero attached hydrogens (tertiary/aromatic N) is 3. The molecule has 3 heterocycles. The summed E-state index contributed by atoms with van der Waals surface area (Å²) < 4.78 is 14.1. The first kappa shape index (κ1) is 15.8. The number of nitrogens with one attached hydrogen (secondary N) is 2. The van der Waals surface area contributed by atoms with E-state index in [1.54, 1.807) is 25.4 Å². The molecule has 1 aromatic carbocycles. The quantitative estimate of drug-likeness (QED) is 0.735. The van der Waals surface area contributed by atoms with Crippen LogP contribution in [0.4, 0.5) is 4.39 Å². The Balaban J connectivity index is 0.00000169. The van der Waals surface area contributed by atoms with Crippen LogP contribution >= 0.6 is 0 Å². The summed E-state index contributed by atoms with van der Waals surface area (Å²) in [5, 5.41) is 9.48. The van der Waals surface area contributed by atoms with E-state index in [9.17, 15) is 9.18 Å². The fraction of sp³-hybridized carbons (Fsp3) is 0.125. The molecule has 2 aromatic heterocycles. The van der Waals surface area contributed by atoms with Gasteiger partial charge in [0.1, 0.15) is 17.6 Å². The van der Waals surface area contributed by atoms with Gasteiger partial charge in [0.05, 0.1) is 12.4 Å². The van der Waals surface area contributed by atoms with Crippen molar-refractivity contribution in [1.29, 1.82) is 0 Å². The van der Waals surface area contributed by atoms with Crippen LogP contribution in [0.2, 0.25) is 0 Å². The smallest absolute Gasteiger partial charge is 0.252 e. The second-order valence-electron chi connectivity index (χ2n) is 5.55. The van der Waals surface area contributed by atoms with Crippen molar-refractivity contribution >= 4 is 5.91 Å². The number of carbonyl (C=O) groups is 1. The normalized spacial score (nSPS) is 18.7. The monoisotopic (exact) mass is 327 g/mol. The largest absolute Gasteiger partial charge is 0.412 e. The third kappa shape index (κ3) is 2.16. The summed E-state index contributed by atoms with van der Waals surface area (Å²) in [4.78, 5) is 20.1. The SMILES string of the molecule is CC1(c2ncncc2F)NC(=O)c2cc(-c3cn[nH]c3)ccc21.O. The topological polar surface area (TPSA) is 115 Å².